The maximum absolute atomic E-state index is 13.3. The lowest BCUT2D eigenvalue weighted by molar-refractivity contribution is -0.131. The summed E-state index contributed by atoms with van der Waals surface area (Å²) in [4.78, 5) is 37.0. The van der Waals surface area contributed by atoms with Gasteiger partial charge in [-0.1, -0.05) is 66.7 Å². The zero-order chi connectivity index (χ0) is 24.6. The van der Waals surface area contributed by atoms with Crippen LogP contribution in [-0.2, 0) is 9.59 Å². The number of amides is 2. The Kier molecular flexibility index (Phi) is 7.33. The van der Waals surface area contributed by atoms with Gasteiger partial charge in [-0.2, -0.15) is 0 Å². The monoisotopic (exact) mass is 464 g/mol. The second-order valence-electron chi connectivity index (χ2n) is 7.90. The highest BCUT2D eigenvalue weighted by atomic mass is 16.5. The van der Waals surface area contributed by atoms with Gasteiger partial charge in [0.05, 0.1) is 5.92 Å². The van der Waals surface area contributed by atoms with Gasteiger partial charge in [0.15, 0.2) is 0 Å². The van der Waals surface area contributed by atoms with E-state index in [-0.39, 0.29) is 11.8 Å². The van der Waals surface area contributed by atoms with E-state index >= 15 is 0 Å². The summed E-state index contributed by atoms with van der Waals surface area (Å²) in [6.45, 7) is 1.30. The molecule has 0 unspecified atom stereocenters. The van der Waals surface area contributed by atoms with Crippen LogP contribution in [0, 0.1) is 0 Å². The molecule has 4 rings (SSSR count). The molecule has 0 saturated carbocycles. The van der Waals surface area contributed by atoms with Gasteiger partial charge in [-0.3, -0.25) is 14.4 Å². The Hall–Kier alpha value is -4.71. The van der Waals surface area contributed by atoms with Gasteiger partial charge in [-0.05, 0) is 53.6 Å². The number of anilines is 2. The third kappa shape index (κ3) is 6.21. The van der Waals surface area contributed by atoms with E-state index in [0.29, 0.717) is 22.7 Å². The fourth-order valence-corrected chi connectivity index (χ4v) is 3.71. The summed E-state index contributed by atoms with van der Waals surface area (Å²) in [7, 11) is 0. The van der Waals surface area contributed by atoms with E-state index in [1.54, 1.807) is 42.5 Å². The van der Waals surface area contributed by atoms with E-state index in [1.807, 2.05) is 60.7 Å². The number of benzene rings is 4. The molecule has 0 aliphatic heterocycles. The van der Waals surface area contributed by atoms with Crippen LogP contribution >= 0.6 is 0 Å². The van der Waals surface area contributed by atoms with Gasteiger partial charge < -0.3 is 15.4 Å². The van der Waals surface area contributed by atoms with E-state index in [1.165, 1.54) is 13.0 Å². The van der Waals surface area contributed by atoms with Gasteiger partial charge in [0, 0.05) is 23.9 Å². The van der Waals surface area contributed by atoms with Crippen molar-refractivity contribution in [2.45, 2.75) is 12.8 Å². The van der Waals surface area contributed by atoms with E-state index in [9.17, 15) is 14.4 Å². The van der Waals surface area contributed by atoms with Gasteiger partial charge in [0.1, 0.15) is 5.75 Å². The average Bonchev–Trinajstić information content (AvgIpc) is 2.86. The van der Waals surface area contributed by atoms with Gasteiger partial charge in [-0.25, -0.2) is 0 Å². The molecule has 0 aliphatic rings. The molecule has 6 heteroatoms. The van der Waals surface area contributed by atoms with Crippen molar-refractivity contribution in [3.05, 3.63) is 126 Å². The van der Waals surface area contributed by atoms with E-state index in [2.05, 4.69) is 10.6 Å². The third-order valence-electron chi connectivity index (χ3n) is 5.30. The fourth-order valence-electron chi connectivity index (χ4n) is 3.71. The first-order valence-corrected chi connectivity index (χ1v) is 11.1. The van der Waals surface area contributed by atoms with E-state index in [4.69, 9.17) is 4.74 Å². The molecule has 0 aromatic heterocycles. The van der Waals surface area contributed by atoms with Crippen LogP contribution in [-0.4, -0.2) is 17.8 Å². The van der Waals surface area contributed by atoms with Crippen LogP contribution in [0.25, 0.3) is 0 Å². The summed E-state index contributed by atoms with van der Waals surface area (Å²) >= 11 is 0. The molecule has 6 nitrogen and oxygen atoms in total. The van der Waals surface area contributed by atoms with Gasteiger partial charge >= 0.3 is 5.97 Å². The van der Waals surface area contributed by atoms with Crippen LogP contribution in [0.1, 0.15) is 34.3 Å². The number of carbonyl (C=O) groups excluding carboxylic acids is 3. The summed E-state index contributed by atoms with van der Waals surface area (Å²) in [6.07, 6.45) is 0. The largest absolute Gasteiger partial charge is 0.427 e. The molecular formula is C29H24N2O4. The highest BCUT2D eigenvalue weighted by molar-refractivity contribution is 6.05. The molecule has 0 saturated heterocycles. The number of esters is 1. The Morgan fingerprint density at radius 2 is 1.20 bits per heavy atom. The highest BCUT2D eigenvalue weighted by Gasteiger charge is 2.22. The van der Waals surface area contributed by atoms with Crippen LogP contribution in [0.4, 0.5) is 11.4 Å². The molecule has 0 atom stereocenters. The van der Waals surface area contributed by atoms with Crippen molar-refractivity contribution in [3.8, 4) is 5.75 Å². The summed E-state index contributed by atoms with van der Waals surface area (Å²) < 4.78 is 5.03. The minimum atomic E-state index is -0.457. The normalized spacial score (nSPS) is 10.5. The Morgan fingerprint density at radius 1 is 0.657 bits per heavy atom. The SMILES string of the molecule is CC(=O)Oc1cccc(C(=O)Nc2ccc(NC(=O)C(c3ccccc3)c3ccccc3)cc2)c1. The predicted molar refractivity (Wildman–Crippen MR) is 136 cm³/mol. The molecule has 2 N–H and O–H groups in total. The van der Waals surface area contributed by atoms with Crippen molar-refractivity contribution in [2.24, 2.45) is 0 Å². The number of nitrogens with one attached hydrogen (secondary N) is 2. The lowest BCUT2D eigenvalue weighted by atomic mass is 9.90. The number of hydrogen-bond donors (Lipinski definition) is 2. The van der Waals surface area contributed by atoms with E-state index in [0.717, 1.165) is 11.1 Å². The first-order valence-electron chi connectivity index (χ1n) is 11.1. The molecule has 4 aromatic carbocycles. The minimum Gasteiger partial charge on any atom is -0.427 e. The van der Waals surface area contributed by atoms with Gasteiger partial charge in [0.2, 0.25) is 5.91 Å². The molecule has 2 amide bonds. The summed E-state index contributed by atoms with van der Waals surface area (Å²) in [5, 5.41) is 5.78. The molecule has 174 valence electrons. The summed E-state index contributed by atoms with van der Waals surface area (Å²) in [5.74, 6) is -1.11. The van der Waals surface area contributed by atoms with Crippen molar-refractivity contribution in [2.75, 3.05) is 10.6 Å². The fraction of sp³-hybridized carbons (Fsp3) is 0.0690. The minimum absolute atomic E-state index is 0.151. The smallest absolute Gasteiger partial charge is 0.308 e. The zero-order valence-electron chi connectivity index (χ0n) is 19.1. The standard InChI is InChI=1S/C29H24N2O4/c1-20(32)35-26-14-8-13-23(19-26)28(33)30-24-15-17-25(18-16-24)31-29(34)27(21-9-4-2-5-10-21)22-11-6-3-7-12-22/h2-19,27H,1H3,(H,30,33)(H,31,34). The quantitative estimate of drug-likeness (QED) is 0.274. The lowest BCUT2D eigenvalue weighted by Crippen LogP contribution is -2.22. The molecule has 0 heterocycles. The highest BCUT2D eigenvalue weighted by Crippen LogP contribution is 2.27. The van der Waals surface area contributed by atoms with Crippen molar-refractivity contribution in [1.82, 2.24) is 0 Å². The van der Waals surface area contributed by atoms with Crippen LogP contribution in [0.3, 0.4) is 0 Å². The summed E-state index contributed by atoms with van der Waals surface area (Å²) in [6, 6.07) is 32.5. The number of ether oxygens (including phenoxy) is 1. The first kappa shape index (κ1) is 23.4. The average molecular weight is 465 g/mol. The molecule has 0 spiro atoms. The Balaban J connectivity index is 1.45. The van der Waals surface area contributed by atoms with Crippen LogP contribution < -0.4 is 15.4 Å². The zero-order valence-corrected chi connectivity index (χ0v) is 19.1. The molecule has 35 heavy (non-hydrogen) atoms. The summed E-state index contributed by atoms with van der Waals surface area (Å²) in [5.41, 5.74) is 3.33. The second kappa shape index (κ2) is 10.9. The predicted octanol–water partition coefficient (Wildman–Crippen LogP) is 5.63. The third-order valence-corrected chi connectivity index (χ3v) is 5.30. The molecular weight excluding hydrogens is 440 g/mol. The number of hydrogen-bond acceptors (Lipinski definition) is 4. The molecule has 0 fully saturated rings. The Morgan fingerprint density at radius 3 is 1.74 bits per heavy atom. The Labute approximate surface area is 203 Å². The van der Waals surface area contributed by atoms with Crippen molar-refractivity contribution in [3.63, 3.8) is 0 Å². The van der Waals surface area contributed by atoms with Crippen molar-refractivity contribution < 1.29 is 19.1 Å². The Bertz CT molecular complexity index is 1280. The van der Waals surface area contributed by atoms with Crippen LogP contribution in [0.2, 0.25) is 0 Å². The number of rotatable bonds is 7. The molecule has 0 bridgehead atoms. The topological polar surface area (TPSA) is 84.5 Å². The van der Waals surface area contributed by atoms with Crippen LogP contribution in [0.5, 0.6) is 5.75 Å². The van der Waals surface area contributed by atoms with Crippen molar-refractivity contribution >= 4 is 29.2 Å². The molecule has 0 aliphatic carbocycles. The van der Waals surface area contributed by atoms with Crippen molar-refractivity contribution in [1.29, 1.82) is 0 Å². The first-order chi connectivity index (χ1) is 17.0. The van der Waals surface area contributed by atoms with E-state index < -0.39 is 11.9 Å². The molecule has 4 aromatic rings. The maximum Gasteiger partial charge on any atom is 0.308 e. The number of carbonyl (C=O) groups is 3. The lowest BCUT2D eigenvalue weighted by Gasteiger charge is -2.18. The molecule has 0 radical (unpaired) electrons. The second-order valence-corrected chi connectivity index (χ2v) is 7.90. The van der Waals surface area contributed by atoms with Crippen LogP contribution in [0.15, 0.2) is 109 Å². The van der Waals surface area contributed by atoms with Gasteiger partial charge in [-0.15, -0.1) is 0 Å². The van der Waals surface area contributed by atoms with Gasteiger partial charge in [0.25, 0.3) is 5.91 Å². The maximum atomic E-state index is 13.3.